The SMILES string of the molecule is O=C(CS(=O)(=O)Cc1cccc(Br)c1)NCCC1CCNC1. The van der Waals surface area contributed by atoms with E-state index in [-0.39, 0.29) is 5.75 Å². The topological polar surface area (TPSA) is 75.3 Å². The van der Waals surface area contributed by atoms with E-state index in [0.29, 0.717) is 18.0 Å². The molecule has 0 radical (unpaired) electrons. The lowest BCUT2D eigenvalue weighted by Gasteiger charge is -2.10. The Bertz CT molecular complexity index is 613. The summed E-state index contributed by atoms with van der Waals surface area (Å²) < 4.78 is 24.9. The summed E-state index contributed by atoms with van der Waals surface area (Å²) in [6, 6.07) is 7.11. The van der Waals surface area contributed by atoms with E-state index in [9.17, 15) is 13.2 Å². The zero-order valence-corrected chi connectivity index (χ0v) is 14.7. The van der Waals surface area contributed by atoms with Gasteiger partial charge < -0.3 is 10.6 Å². The fraction of sp³-hybridized carbons (Fsp3) is 0.533. The summed E-state index contributed by atoms with van der Waals surface area (Å²) in [4.78, 5) is 11.8. The number of hydrogen-bond donors (Lipinski definition) is 2. The Kier molecular flexibility index (Phi) is 6.40. The number of amides is 1. The highest BCUT2D eigenvalue weighted by atomic mass is 79.9. The fourth-order valence-corrected chi connectivity index (χ4v) is 4.30. The van der Waals surface area contributed by atoms with Gasteiger partial charge >= 0.3 is 0 Å². The van der Waals surface area contributed by atoms with Crippen LogP contribution >= 0.6 is 15.9 Å². The molecule has 0 bridgehead atoms. The number of rotatable bonds is 7. The van der Waals surface area contributed by atoms with Crippen LogP contribution in [-0.4, -0.2) is 39.7 Å². The lowest BCUT2D eigenvalue weighted by atomic mass is 10.1. The molecule has 7 heteroatoms. The molecule has 1 unspecified atom stereocenters. The summed E-state index contributed by atoms with van der Waals surface area (Å²) in [5.41, 5.74) is 0.680. The van der Waals surface area contributed by atoms with Crippen molar-refractivity contribution in [1.29, 1.82) is 0 Å². The lowest BCUT2D eigenvalue weighted by Crippen LogP contribution is -2.32. The average molecular weight is 389 g/mol. The van der Waals surface area contributed by atoms with Crippen LogP contribution in [0.25, 0.3) is 0 Å². The van der Waals surface area contributed by atoms with Crippen LogP contribution in [0.2, 0.25) is 0 Å². The minimum Gasteiger partial charge on any atom is -0.355 e. The van der Waals surface area contributed by atoms with Crippen LogP contribution in [0.1, 0.15) is 18.4 Å². The minimum absolute atomic E-state index is 0.119. The molecular formula is C15H21BrN2O3S. The van der Waals surface area contributed by atoms with E-state index in [1.807, 2.05) is 6.07 Å². The molecule has 1 aliphatic heterocycles. The second kappa shape index (κ2) is 8.08. The van der Waals surface area contributed by atoms with Gasteiger partial charge in [0.25, 0.3) is 0 Å². The molecule has 5 nitrogen and oxygen atoms in total. The van der Waals surface area contributed by atoms with Crippen molar-refractivity contribution in [2.24, 2.45) is 5.92 Å². The Balaban J connectivity index is 1.76. The van der Waals surface area contributed by atoms with Crippen molar-refractivity contribution >= 4 is 31.7 Å². The first kappa shape index (κ1) is 17.4. The van der Waals surface area contributed by atoms with Gasteiger partial charge in [0, 0.05) is 11.0 Å². The van der Waals surface area contributed by atoms with E-state index in [4.69, 9.17) is 0 Å². The predicted octanol–water partition coefficient (Wildman–Crippen LogP) is 1.48. The maximum absolute atomic E-state index is 12.1. The predicted molar refractivity (Wildman–Crippen MR) is 90.2 cm³/mol. The maximum Gasteiger partial charge on any atom is 0.235 e. The summed E-state index contributed by atoms with van der Waals surface area (Å²) in [6.07, 6.45) is 2.02. The second-order valence-electron chi connectivity index (χ2n) is 5.66. The van der Waals surface area contributed by atoms with Gasteiger partial charge in [-0.3, -0.25) is 4.79 Å². The van der Waals surface area contributed by atoms with Crippen molar-refractivity contribution in [3.8, 4) is 0 Å². The Morgan fingerprint density at radius 2 is 2.23 bits per heavy atom. The summed E-state index contributed by atoms with van der Waals surface area (Å²) in [5.74, 6) is -0.408. The van der Waals surface area contributed by atoms with E-state index in [0.717, 1.165) is 30.4 Å². The number of sulfone groups is 1. The van der Waals surface area contributed by atoms with Crippen molar-refractivity contribution in [3.63, 3.8) is 0 Å². The Hall–Kier alpha value is -0.920. The number of carbonyl (C=O) groups is 1. The molecule has 0 aliphatic carbocycles. The van der Waals surface area contributed by atoms with E-state index in [1.54, 1.807) is 18.2 Å². The van der Waals surface area contributed by atoms with Gasteiger partial charge in [0.15, 0.2) is 9.84 Å². The van der Waals surface area contributed by atoms with Crippen molar-refractivity contribution < 1.29 is 13.2 Å². The zero-order valence-electron chi connectivity index (χ0n) is 12.3. The first-order valence-corrected chi connectivity index (χ1v) is 9.98. The summed E-state index contributed by atoms with van der Waals surface area (Å²) in [7, 11) is -3.45. The molecule has 0 spiro atoms. The van der Waals surface area contributed by atoms with E-state index in [2.05, 4.69) is 26.6 Å². The third kappa shape index (κ3) is 6.06. The van der Waals surface area contributed by atoms with Gasteiger partial charge in [-0.15, -0.1) is 0 Å². The number of hydrogen-bond acceptors (Lipinski definition) is 4. The first-order valence-electron chi connectivity index (χ1n) is 7.37. The summed E-state index contributed by atoms with van der Waals surface area (Å²) >= 11 is 3.31. The molecule has 2 N–H and O–H groups in total. The molecule has 1 heterocycles. The van der Waals surface area contributed by atoms with Crippen LogP contribution in [0, 0.1) is 5.92 Å². The molecule has 0 aromatic heterocycles. The van der Waals surface area contributed by atoms with Gasteiger partial charge in [-0.25, -0.2) is 8.42 Å². The molecule has 122 valence electrons. The van der Waals surface area contributed by atoms with Gasteiger partial charge in [-0.05, 0) is 49.5 Å². The van der Waals surface area contributed by atoms with Crippen LogP contribution in [0.15, 0.2) is 28.7 Å². The van der Waals surface area contributed by atoms with E-state index in [1.165, 1.54) is 0 Å². The lowest BCUT2D eigenvalue weighted by molar-refractivity contribution is -0.118. The maximum atomic E-state index is 12.1. The van der Waals surface area contributed by atoms with Crippen molar-refractivity contribution in [1.82, 2.24) is 10.6 Å². The molecule has 1 aliphatic rings. The third-order valence-corrected chi connectivity index (χ3v) is 5.63. The highest BCUT2D eigenvalue weighted by Gasteiger charge is 2.18. The van der Waals surface area contributed by atoms with E-state index < -0.39 is 21.5 Å². The Morgan fingerprint density at radius 1 is 1.41 bits per heavy atom. The minimum atomic E-state index is -3.45. The van der Waals surface area contributed by atoms with Gasteiger partial charge in [0.05, 0.1) is 5.75 Å². The van der Waals surface area contributed by atoms with Crippen molar-refractivity contribution in [2.45, 2.75) is 18.6 Å². The largest absolute Gasteiger partial charge is 0.355 e. The molecular weight excluding hydrogens is 368 g/mol. The molecule has 22 heavy (non-hydrogen) atoms. The van der Waals surface area contributed by atoms with Crippen LogP contribution in [-0.2, 0) is 20.4 Å². The third-order valence-electron chi connectivity index (χ3n) is 3.66. The summed E-state index contributed by atoms with van der Waals surface area (Å²) in [6.45, 7) is 2.55. The van der Waals surface area contributed by atoms with E-state index >= 15 is 0 Å². The monoisotopic (exact) mass is 388 g/mol. The van der Waals surface area contributed by atoms with Crippen LogP contribution in [0.3, 0.4) is 0 Å². The first-order chi connectivity index (χ1) is 10.4. The molecule has 1 atom stereocenters. The fourth-order valence-electron chi connectivity index (χ4n) is 2.56. The molecule has 1 saturated heterocycles. The number of nitrogens with one attached hydrogen (secondary N) is 2. The smallest absolute Gasteiger partial charge is 0.235 e. The van der Waals surface area contributed by atoms with Gasteiger partial charge in [0.1, 0.15) is 5.75 Å². The molecule has 2 rings (SSSR count). The highest BCUT2D eigenvalue weighted by molar-refractivity contribution is 9.10. The van der Waals surface area contributed by atoms with Crippen LogP contribution in [0.4, 0.5) is 0 Å². The Labute approximate surface area is 139 Å². The number of halogens is 1. The van der Waals surface area contributed by atoms with Gasteiger partial charge in [-0.1, -0.05) is 28.1 Å². The molecule has 1 aromatic carbocycles. The average Bonchev–Trinajstić information content (AvgIpc) is 2.90. The zero-order chi connectivity index (χ0) is 16.0. The van der Waals surface area contributed by atoms with Crippen LogP contribution < -0.4 is 10.6 Å². The molecule has 1 fully saturated rings. The molecule has 1 amide bonds. The quantitative estimate of drug-likeness (QED) is 0.741. The summed E-state index contributed by atoms with van der Waals surface area (Å²) in [5, 5.41) is 5.98. The Morgan fingerprint density at radius 3 is 2.91 bits per heavy atom. The molecule has 0 saturated carbocycles. The number of carbonyl (C=O) groups excluding carboxylic acids is 1. The number of benzene rings is 1. The van der Waals surface area contributed by atoms with Gasteiger partial charge in [-0.2, -0.15) is 0 Å². The van der Waals surface area contributed by atoms with Crippen molar-refractivity contribution in [2.75, 3.05) is 25.4 Å². The van der Waals surface area contributed by atoms with Crippen LogP contribution in [0.5, 0.6) is 0 Å². The highest BCUT2D eigenvalue weighted by Crippen LogP contribution is 2.14. The second-order valence-corrected chi connectivity index (χ2v) is 8.64. The van der Waals surface area contributed by atoms with Crippen molar-refractivity contribution in [3.05, 3.63) is 34.3 Å². The normalized spacial score (nSPS) is 18.3. The van der Waals surface area contributed by atoms with Gasteiger partial charge in [0.2, 0.25) is 5.91 Å². The molecule has 1 aromatic rings. The standard InChI is InChI=1S/C15H21BrN2O3S/c16-14-3-1-2-13(8-14)10-22(20,21)11-15(19)18-7-5-12-4-6-17-9-12/h1-3,8,12,17H,4-7,9-11H2,(H,18,19).